The summed E-state index contributed by atoms with van der Waals surface area (Å²) < 4.78 is 12.5. The Bertz CT molecular complexity index is 1040. The quantitative estimate of drug-likeness (QED) is 0.502. The number of ether oxygens (including phenoxy) is 2. The second-order valence-corrected chi connectivity index (χ2v) is 7.98. The van der Waals surface area contributed by atoms with Crippen molar-refractivity contribution in [2.45, 2.75) is 39.2 Å². The van der Waals surface area contributed by atoms with E-state index in [9.17, 15) is 4.79 Å². The number of imidazole rings is 1. The van der Waals surface area contributed by atoms with Crippen LogP contribution in [0, 0.1) is 0 Å². The molecule has 32 heavy (non-hydrogen) atoms. The van der Waals surface area contributed by atoms with Gasteiger partial charge in [-0.15, -0.1) is 0 Å². The van der Waals surface area contributed by atoms with Gasteiger partial charge in [-0.3, -0.25) is 0 Å². The lowest BCUT2D eigenvalue weighted by atomic mass is 10.1. The Hall–Kier alpha value is -3.13. The third-order valence-corrected chi connectivity index (χ3v) is 5.77. The summed E-state index contributed by atoms with van der Waals surface area (Å²) in [5, 5.41) is 3.41. The molecule has 1 N–H and O–H groups in total. The molecule has 170 valence electrons. The lowest BCUT2D eigenvalue weighted by Crippen LogP contribution is -2.31. The van der Waals surface area contributed by atoms with E-state index in [-0.39, 0.29) is 0 Å². The van der Waals surface area contributed by atoms with Crippen molar-refractivity contribution >= 4 is 28.6 Å². The Morgan fingerprint density at radius 2 is 1.91 bits per heavy atom. The maximum absolute atomic E-state index is 12.2. The Kier molecular flexibility index (Phi) is 7.21. The summed E-state index contributed by atoms with van der Waals surface area (Å²) in [6.45, 7) is 6.31. The van der Waals surface area contributed by atoms with E-state index < -0.39 is 5.97 Å². The number of hydrogen-bond donors (Lipinski definition) is 1. The Morgan fingerprint density at radius 3 is 2.62 bits per heavy atom. The average molecular weight is 438 g/mol. The number of nitrogens with zero attached hydrogens (tertiary/aromatic N) is 4. The van der Waals surface area contributed by atoms with Crippen molar-refractivity contribution in [3.05, 3.63) is 42.2 Å². The fourth-order valence-corrected chi connectivity index (χ4v) is 4.11. The van der Waals surface area contributed by atoms with E-state index in [0.717, 1.165) is 47.9 Å². The van der Waals surface area contributed by atoms with E-state index >= 15 is 0 Å². The van der Waals surface area contributed by atoms with Gasteiger partial charge in [-0.1, -0.05) is 6.42 Å². The van der Waals surface area contributed by atoms with Crippen molar-refractivity contribution in [3.63, 3.8) is 0 Å². The summed E-state index contributed by atoms with van der Waals surface area (Å²) in [4.78, 5) is 23.8. The standard InChI is InChI=1S/C24H31N5O3/c1-3-32-23(30)20-16-22-21(17-25-20)27-24(26-18-8-10-19(31-2)11-9-18)29(22)15-7-14-28-12-5-4-6-13-28/h8-11,16-17H,3-7,12-15H2,1-2H3,(H,26,27). The molecule has 0 atom stereocenters. The zero-order valence-electron chi connectivity index (χ0n) is 18.8. The van der Waals surface area contributed by atoms with E-state index in [1.54, 1.807) is 26.3 Å². The molecule has 1 aliphatic rings. The van der Waals surface area contributed by atoms with Crippen LogP contribution in [0.15, 0.2) is 36.5 Å². The summed E-state index contributed by atoms with van der Waals surface area (Å²) in [7, 11) is 1.65. The van der Waals surface area contributed by atoms with Crippen LogP contribution in [0.5, 0.6) is 5.75 Å². The smallest absolute Gasteiger partial charge is 0.356 e. The zero-order valence-corrected chi connectivity index (χ0v) is 18.8. The number of piperidine rings is 1. The third-order valence-electron chi connectivity index (χ3n) is 5.77. The van der Waals surface area contributed by atoms with Crippen molar-refractivity contribution in [3.8, 4) is 5.75 Å². The van der Waals surface area contributed by atoms with Gasteiger partial charge in [0.25, 0.3) is 0 Å². The molecule has 2 aromatic heterocycles. The average Bonchev–Trinajstić information content (AvgIpc) is 3.16. The highest BCUT2D eigenvalue weighted by Gasteiger charge is 2.17. The number of nitrogens with one attached hydrogen (secondary N) is 1. The molecule has 1 aromatic carbocycles. The second-order valence-electron chi connectivity index (χ2n) is 7.98. The minimum Gasteiger partial charge on any atom is -0.497 e. The minimum absolute atomic E-state index is 0.299. The van der Waals surface area contributed by atoms with Gasteiger partial charge in [-0.2, -0.15) is 0 Å². The van der Waals surface area contributed by atoms with Gasteiger partial charge in [0, 0.05) is 12.2 Å². The molecule has 0 aliphatic carbocycles. The zero-order chi connectivity index (χ0) is 22.3. The molecule has 0 unspecified atom stereocenters. The monoisotopic (exact) mass is 437 g/mol. The first-order chi connectivity index (χ1) is 15.7. The predicted octanol–water partition coefficient (Wildman–Crippen LogP) is 4.24. The van der Waals surface area contributed by atoms with E-state index in [1.165, 1.54) is 32.4 Å². The lowest BCUT2D eigenvalue weighted by Gasteiger charge is -2.26. The molecule has 0 spiro atoms. The van der Waals surface area contributed by atoms with E-state index in [0.29, 0.717) is 12.3 Å². The SMILES string of the molecule is CCOC(=O)c1cc2c(cn1)nc(Nc1ccc(OC)cc1)n2CCCN1CCCCC1. The van der Waals surface area contributed by atoms with Gasteiger partial charge in [0.15, 0.2) is 5.69 Å². The molecule has 1 fully saturated rings. The van der Waals surface area contributed by atoms with E-state index in [2.05, 4.69) is 19.8 Å². The molecule has 1 saturated heterocycles. The summed E-state index contributed by atoms with van der Waals surface area (Å²) >= 11 is 0. The van der Waals surface area contributed by atoms with Gasteiger partial charge in [0.2, 0.25) is 5.95 Å². The van der Waals surface area contributed by atoms with Gasteiger partial charge in [-0.05, 0) is 76.2 Å². The van der Waals surface area contributed by atoms with Crippen LogP contribution in [0.2, 0.25) is 0 Å². The minimum atomic E-state index is -0.417. The number of benzene rings is 1. The van der Waals surface area contributed by atoms with Crippen molar-refractivity contribution < 1.29 is 14.3 Å². The predicted molar refractivity (Wildman–Crippen MR) is 125 cm³/mol. The van der Waals surface area contributed by atoms with Gasteiger partial charge in [-0.25, -0.2) is 14.8 Å². The highest BCUT2D eigenvalue weighted by atomic mass is 16.5. The Labute approximate surface area is 188 Å². The van der Waals surface area contributed by atoms with Gasteiger partial charge in [0.1, 0.15) is 11.3 Å². The summed E-state index contributed by atoms with van der Waals surface area (Å²) in [5.74, 6) is 1.11. The number of aromatic nitrogens is 3. The lowest BCUT2D eigenvalue weighted by molar-refractivity contribution is 0.0519. The molecule has 3 aromatic rings. The van der Waals surface area contributed by atoms with Crippen molar-refractivity contribution in [1.29, 1.82) is 0 Å². The number of rotatable bonds is 9. The number of methoxy groups -OCH3 is 1. The summed E-state index contributed by atoms with van der Waals surface area (Å²) in [5.41, 5.74) is 2.83. The molecule has 0 saturated carbocycles. The van der Waals surface area contributed by atoms with Crippen LogP contribution >= 0.6 is 0 Å². The number of anilines is 2. The number of carbonyl (C=O) groups excluding carboxylic acids is 1. The first-order valence-electron chi connectivity index (χ1n) is 11.3. The molecule has 1 aliphatic heterocycles. The largest absolute Gasteiger partial charge is 0.497 e. The van der Waals surface area contributed by atoms with Crippen LogP contribution in [-0.4, -0.2) is 58.8 Å². The molecular formula is C24H31N5O3. The Balaban J connectivity index is 1.60. The number of pyridine rings is 1. The molecule has 0 radical (unpaired) electrons. The topological polar surface area (TPSA) is 81.5 Å². The maximum Gasteiger partial charge on any atom is 0.356 e. The third kappa shape index (κ3) is 5.19. The van der Waals surface area contributed by atoms with Gasteiger partial charge >= 0.3 is 5.97 Å². The van der Waals surface area contributed by atoms with Crippen LogP contribution in [-0.2, 0) is 11.3 Å². The Morgan fingerprint density at radius 1 is 1.12 bits per heavy atom. The van der Waals surface area contributed by atoms with Crippen molar-refractivity contribution in [1.82, 2.24) is 19.4 Å². The molecular weight excluding hydrogens is 406 g/mol. The number of hydrogen-bond acceptors (Lipinski definition) is 7. The summed E-state index contributed by atoms with van der Waals surface area (Å²) in [6.07, 6.45) is 6.55. The van der Waals surface area contributed by atoms with E-state index in [1.807, 2.05) is 24.3 Å². The molecule has 0 amide bonds. The molecule has 0 bridgehead atoms. The first kappa shape index (κ1) is 22.1. The summed E-state index contributed by atoms with van der Waals surface area (Å²) in [6, 6.07) is 9.51. The van der Waals surface area contributed by atoms with Crippen LogP contribution in [0.3, 0.4) is 0 Å². The molecule has 4 rings (SSSR count). The number of carbonyl (C=O) groups is 1. The highest BCUT2D eigenvalue weighted by Crippen LogP contribution is 2.25. The van der Waals surface area contributed by atoms with Crippen LogP contribution in [0.1, 0.15) is 43.1 Å². The number of aryl methyl sites for hydroxylation is 1. The van der Waals surface area contributed by atoms with Crippen molar-refractivity contribution in [2.75, 3.05) is 38.7 Å². The molecule has 3 heterocycles. The molecule has 8 nitrogen and oxygen atoms in total. The number of fused-ring (bicyclic) bond motifs is 1. The normalized spacial score (nSPS) is 14.4. The van der Waals surface area contributed by atoms with Crippen LogP contribution < -0.4 is 10.1 Å². The van der Waals surface area contributed by atoms with Crippen LogP contribution in [0.25, 0.3) is 11.0 Å². The number of esters is 1. The van der Waals surface area contributed by atoms with Crippen LogP contribution in [0.4, 0.5) is 11.6 Å². The van der Waals surface area contributed by atoms with E-state index in [4.69, 9.17) is 14.5 Å². The first-order valence-corrected chi connectivity index (χ1v) is 11.3. The highest BCUT2D eigenvalue weighted by molar-refractivity contribution is 5.92. The number of likely N-dealkylation sites (tertiary alicyclic amines) is 1. The fraction of sp³-hybridized carbons (Fsp3) is 0.458. The van der Waals surface area contributed by atoms with Gasteiger partial charge < -0.3 is 24.3 Å². The second kappa shape index (κ2) is 10.5. The van der Waals surface area contributed by atoms with Gasteiger partial charge in [0.05, 0.1) is 25.4 Å². The molecule has 8 heteroatoms. The van der Waals surface area contributed by atoms with Crippen molar-refractivity contribution in [2.24, 2.45) is 0 Å². The fourth-order valence-electron chi connectivity index (χ4n) is 4.11. The maximum atomic E-state index is 12.2.